The molecule has 2 heterocycles. The topological polar surface area (TPSA) is 44.8 Å². The number of nitrogens with one attached hydrogen (secondary N) is 1. The van der Waals surface area contributed by atoms with Crippen molar-refractivity contribution in [3.63, 3.8) is 0 Å². The molecule has 2 aliphatic rings. The number of nitrogens with zero attached hydrogens (tertiary/aromatic N) is 2. The second kappa shape index (κ2) is 9.15. The minimum atomic E-state index is -0.248. The highest BCUT2D eigenvalue weighted by atomic mass is 32.1. The number of thiocarbonyl (C=S) groups is 1. The second-order valence-electron chi connectivity index (χ2n) is 7.02. The fourth-order valence-corrected chi connectivity index (χ4v) is 5.44. The highest BCUT2D eigenvalue weighted by molar-refractivity contribution is 7.80. The molecule has 0 atom stereocenters. The van der Waals surface area contributed by atoms with Crippen molar-refractivity contribution in [3.8, 4) is 0 Å². The molecule has 1 fully saturated rings. The van der Waals surface area contributed by atoms with Crippen LogP contribution >= 0.6 is 23.6 Å². The Kier molecular flexibility index (Phi) is 6.89. The smallest absolute Gasteiger partial charge is 0.341 e. The van der Waals surface area contributed by atoms with Crippen LogP contribution in [0.3, 0.4) is 0 Å². The molecule has 7 heteroatoms. The number of hydrogen-bond acceptors (Lipinski definition) is 5. The first kappa shape index (κ1) is 19.6. The highest BCUT2D eigenvalue weighted by Crippen LogP contribution is 2.38. The van der Waals surface area contributed by atoms with E-state index in [1.807, 2.05) is 0 Å². The van der Waals surface area contributed by atoms with Gasteiger partial charge >= 0.3 is 5.97 Å². The standard InChI is InChI=1S/C19H29N3O2S2/c1-3-9-21-10-12-22(13-11-21)19(25)20-17-16(18(23)24-2)14-7-5-4-6-8-15(14)26-17/h3-13H2,1-2H3,(H,20,25). The number of hydrogen-bond donors (Lipinski definition) is 1. The van der Waals surface area contributed by atoms with Gasteiger partial charge in [-0.1, -0.05) is 13.3 Å². The molecule has 5 nitrogen and oxygen atoms in total. The quantitative estimate of drug-likeness (QED) is 0.478. The van der Waals surface area contributed by atoms with Gasteiger partial charge in [0.1, 0.15) is 5.00 Å². The maximum atomic E-state index is 12.4. The Morgan fingerprint density at radius 2 is 1.92 bits per heavy atom. The van der Waals surface area contributed by atoms with E-state index in [0.29, 0.717) is 5.56 Å². The first-order valence-corrected chi connectivity index (χ1v) is 10.9. The van der Waals surface area contributed by atoms with Gasteiger partial charge in [-0.15, -0.1) is 11.3 Å². The third kappa shape index (κ3) is 4.38. The molecule has 1 aliphatic heterocycles. The summed E-state index contributed by atoms with van der Waals surface area (Å²) < 4.78 is 5.07. The molecule has 26 heavy (non-hydrogen) atoms. The van der Waals surface area contributed by atoms with Crippen LogP contribution in [0.5, 0.6) is 0 Å². The zero-order valence-corrected chi connectivity index (χ0v) is 17.4. The van der Waals surface area contributed by atoms with E-state index < -0.39 is 0 Å². The highest BCUT2D eigenvalue weighted by Gasteiger charge is 2.27. The lowest BCUT2D eigenvalue weighted by molar-refractivity contribution is 0.0601. The van der Waals surface area contributed by atoms with Gasteiger partial charge in [0.15, 0.2) is 5.11 Å². The number of methoxy groups -OCH3 is 1. The Balaban J connectivity index is 1.73. The van der Waals surface area contributed by atoms with Crippen LogP contribution in [0.25, 0.3) is 0 Å². The van der Waals surface area contributed by atoms with Crippen LogP contribution in [-0.2, 0) is 17.6 Å². The molecule has 0 bridgehead atoms. The molecule has 0 radical (unpaired) electrons. The van der Waals surface area contributed by atoms with E-state index in [9.17, 15) is 4.79 Å². The van der Waals surface area contributed by atoms with E-state index in [4.69, 9.17) is 17.0 Å². The van der Waals surface area contributed by atoms with Crippen molar-refractivity contribution >= 4 is 39.6 Å². The second-order valence-corrected chi connectivity index (χ2v) is 8.51. The molecule has 1 N–H and O–H groups in total. The minimum absolute atomic E-state index is 0.248. The van der Waals surface area contributed by atoms with Crippen molar-refractivity contribution < 1.29 is 9.53 Å². The molecule has 1 aliphatic carbocycles. The van der Waals surface area contributed by atoms with E-state index in [1.54, 1.807) is 11.3 Å². The Bertz CT molecular complexity index is 651. The summed E-state index contributed by atoms with van der Waals surface area (Å²) in [6.07, 6.45) is 6.75. The summed E-state index contributed by atoms with van der Waals surface area (Å²) in [5.41, 5.74) is 1.89. The molecular weight excluding hydrogens is 366 g/mol. The molecule has 3 rings (SSSR count). The van der Waals surface area contributed by atoms with Gasteiger partial charge in [-0.2, -0.15) is 0 Å². The molecule has 0 aromatic carbocycles. The fraction of sp³-hybridized carbons (Fsp3) is 0.684. The van der Waals surface area contributed by atoms with E-state index >= 15 is 0 Å². The van der Waals surface area contributed by atoms with Crippen molar-refractivity contribution in [2.75, 3.05) is 45.2 Å². The minimum Gasteiger partial charge on any atom is -0.465 e. The van der Waals surface area contributed by atoms with Crippen molar-refractivity contribution in [1.82, 2.24) is 9.80 Å². The summed E-state index contributed by atoms with van der Waals surface area (Å²) in [6.45, 7) is 7.32. The molecule has 0 unspecified atom stereocenters. The molecule has 0 saturated carbocycles. The fourth-order valence-electron chi connectivity index (χ4n) is 3.82. The van der Waals surface area contributed by atoms with Crippen LogP contribution in [0.4, 0.5) is 5.00 Å². The molecule has 0 spiro atoms. The summed E-state index contributed by atoms with van der Waals surface area (Å²) in [6, 6.07) is 0. The summed E-state index contributed by atoms with van der Waals surface area (Å²) >= 11 is 7.34. The number of esters is 1. The third-order valence-electron chi connectivity index (χ3n) is 5.23. The zero-order chi connectivity index (χ0) is 18.5. The SMILES string of the molecule is CCCN1CCN(C(=S)Nc2sc3c(c2C(=O)OC)CCCCC3)CC1. The van der Waals surface area contributed by atoms with Gasteiger partial charge < -0.3 is 15.0 Å². The summed E-state index contributed by atoms with van der Waals surface area (Å²) in [5.74, 6) is -0.248. The van der Waals surface area contributed by atoms with Crippen LogP contribution in [0, 0.1) is 0 Å². The van der Waals surface area contributed by atoms with Crippen molar-refractivity contribution in [3.05, 3.63) is 16.0 Å². The van der Waals surface area contributed by atoms with Crippen LogP contribution in [0.1, 0.15) is 53.4 Å². The van der Waals surface area contributed by atoms with Crippen LogP contribution in [0.2, 0.25) is 0 Å². The number of thiophene rings is 1. The average Bonchev–Trinajstić information content (AvgIpc) is 2.82. The lowest BCUT2D eigenvalue weighted by Gasteiger charge is -2.36. The summed E-state index contributed by atoms with van der Waals surface area (Å²) in [7, 11) is 1.46. The Morgan fingerprint density at radius 3 is 2.62 bits per heavy atom. The van der Waals surface area contributed by atoms with E-state index in [1.165, 1.54) is 36.8 Å². The largest absolute Gasteiger partial charge is 0.465 e. The first-order valence-electron chi connectivity index (χ1n) is 9.65. The Hall–Kier alpha value is -1.18. The predicted octanol–water partition coefficient (Wildman–Crippen LogP) is 3.53. The van der Waals surface area contributed by atoms with E-state index in [-0.39, 0.29) is 5.97 Å². The van der Waals surface area contributed by atoms with E-state index in [0.717, 1.165) is 62.1 Å². The predicted molar refractivity (Wildman–Crippen MR) is 111 cm³/mol. The van der Waals surface area contributed by atoms with E-state index in [2.05, 4.69) is 22.0 Å². The lowest BCUT2D eigenvalue weighted by Crippen LogP contribution is -2.50. The third-order valence-corrected chi connectivity index (χ3v) is 6.80. The maximum Gasteiger partial charge on any atom is 0.341 e. The van der Waals surface area contributed by atoms with Gasteiger partial charge in [0.25, 0.3) is 0 Å². The summed E-state index contributed by atoms with van der Waals surface area (Å²) in [5, 5.41) is 4.97. The molecule has 1 aromatic rings. The monoisotopic (exact) mass is 395 g/mol. The molecular formula is C19H29N3O2S2. The molecule has 0 amide bonds. The molecule has 1 aromatic heterocycles. The number of fused-ring (bicyclic) bond motifs is 1. The zero-order valence-electron chi connectivity index (χ0n) is 15.8. The van der Waals surface area contributed by atoms with Gasteiger partial charge in [0.2, 0.25) is 0 Å². The van der Waals surface area contributed by atoms with Crippen LogP contribution in [-0.4, -0.2) is 60.7 Å². The first-order chi connectivity index (χ1) is 12.6. The summed E-state index contributed by atoms with van der Waals surface area (Å²) in [4.78, 5) is 18.4. The average molecular weight is 396 g/mol. The van der Waals surface area contributed by atoms with Gasteiger partial charge in [-0.05, 0) is 56.4 Å². The maximum absolute atomic E-state index is 12.4. The Morgan fingerprint density at radius 1 is 1.19 bits per heavy atom. The number of aryl methyl sites for hydroxylation is 1. The molecule has 144 valence electrons. The van der Waals surface area contributed by atoms with Crippen molar-refractivity contribution in [2.45, 2.75) is 45.4 Å². The van der Waals surface area contributed by atoms with Crippen molar-refractivity contribution in [1.29, 1.82) is 0 Å². The van der Waals surface area contributed by atoms with Crippen LogP contribution in [0.15, 0.2) is 0 Å². The number of carbonyl (C=O) groups is 1. The van der Waals surface area contributed by atoms with Gasteiger partial charge in [-0.25, -0.2) is 4.79 Å². The number of piperazine rings is 1. The number of anilines is 1. The number of rotatable bonds is 4. The normalized spacial score (nSPS) is 18.2. The van der Waals surface area contributed by atoms with Crippen molar-refractivity contribution in [2.24, 2.45) is 0 Å². The van der Waals surface area contributed by atoms with Gasteiger partial charge in [0.05, 0.1) is 12.7 Å². The number of carbonyl (C=O) groups excluding carboxylic acids is 1. The molecule has 1 saturated heterocycles. The Labute approximate surface area is 165 Å². The lowest BCUT2D eigenvalue weighted by atomic mass is 10.1. The van der Waals surface area contributed by atoms with Gasteiger partial charge in [0, 0.05) is 31.1 Å². The number of ether oxygens (including phenoxy) is 1. The van der Waals surface area contributed by atoms with Gasteiger partial charge in [-0.3, -0.25) is 4.90 Å². The van der Waals surface area contributed by atoms with Crippen LogP contribution < -0.4 is 5.32 Å².